The van der Waals surface area contributed by atoms with Crippen molar-refractivity contribution in [3.05, 3.63) is 56.8 Å². The second kappa shape index (κ2) is 4.86. The number of aryl methyl sites for hydroxylation is 2. The van der Waals surface area contributed by atoms with Crippen molar-refractivity contribution in [2.75, 3.05) is 0 Å². The number of halogens is 3. The summed E-state index contributed by atoms with van der Waals surface area (Å²) in [5.41, 5.74) is 1.74. The van der Waals surface area contributed by atoms with Gasteiger partial charge in [-0.25, -0.2) is 8.78 Å². The normalized spacial score (nSPS) is 12.8. The van der Waals surface area contributed by atoms with Gasteiger partial charge in [0.1, 0.15) is 11.6 Å². The minimum atomic E-state index is -0.546. The molecule has 2 aromatic rings. The van der Waals surface area contributed by atoms with Crippen LogP contribution in [-0.2, 0) is 0 Å². The Morgan fingerprint density at radius 2 is 1.65 bits per heavy atom. The fourth-order valence-corrected chi connectivity index (χ4v) is 3.73. The molecule has 90 valence electrons. The Labute approximate surface area is 111 Å². The van der Waals surface area contributed by atoms with Crippen LogP contribution in [0.25, 0.3) is 0 Å². The molecule has 0 nitrogen and oxygen atoms in total. The summed E-state index contributed by atoms with van der Waals surface area (Å²) in [6, 6.07) is 5.67. The molecule has 2 rings (SSSR count). The van der Waals surface area contributed by atoms with E-state index in [4.69, 9.17) is 0 Å². The highest BCUT2D eigenvalue weighted by molar-refractivity contribution is 9.09. The van der Waals surface area contributed by atoms with Gasteiger partial charge in [-0.15, -0.1) is 11.3 Å². The van der Waals surface area contributed by atoms with E-state index >= 15 is 0 Å². The molecule has 0 N–H and O–H groups in total. The van der Waals surface area contributed by atoms with Crippen LogP contribution in [-0.4, -0.2) is 0 Å². The van der Waals surface area contributed by atoms with Crippen LogP contribution in [0.1, 0.15) is 25.7 Å². The molecule has 1 atom stereocenters. The summed E-state index contributed by atoms with van der Waals surface area (Å²) in [7, 11) is 0. The molecule has 1 unspecified atom stereocenters. The van der Waals surface area contributed by atoms with E-state index in [-0.39, 0.29) is 4.83 Å². The van der Waals surface area contributed by atoms with Gasteiger partial charge in [-0.05, 0) is 43.2 Å². The molecule has 0 radical (unpaired) electrons. The monoisotopic (exact) mass is 316 g/mol. The zero-order valence-electron chi connectivity index (χ0n) is 9.43. The first-order chi connectivity index (χ1) is 7.97. The highest BCUT2D eigenvalue weighted by atomic mass is 79.9. The fourth-order valence-electron chi connectivity index (χ4n) is 1.78. The Bertz CT molecular complexity index is 528. The molecule has 0 saturated carbocycles. The van der Waals surface area contributed by atoms with Crippen LogP contribution in [0, 0.1) is 25.5 Å². The van der Waals surface area contributed by atoms with Gasteiger partial charge in [0.15, 0.2) is 0 Å². The lowest BCUT2D eigenvalue weighted by molar-refractivity contribution is 0.580. The molecule has 0 spiro atoms. The van der Waals surface area contributed by atoms with Crippen molar-refractivity contribution < 1.29 is 8.78 Å². The minimum absolute atomic E-state index is 0.161. The molecule has 0 aliphatic heterocycles. The Morgan fingerprint density at radius 1 is 1.06 bits per heavy atom. The Morgan fingerprint density at radius 3 is 2.12 bits per heavy atom. The molecule has 4 heteroatoms. The first kappa shape index (κ1) is 12.7. The predicted molar refractivity (Wildman–Crippen MR) is 70.9 cm³/mol. The van der Waals surface area contributed by atoms with Crippen LogP contribution in [0.4, 0.5) is 8.78 Å². The number of alkyl halides is 1. The zero-order chi connectivity index (χ0) is 12.6. The smallest absolute Gasteiger partial charge is 0.126 e. The molecular weight excluding hydrogens is 306 g/mol. The first-order valence-corrected chi connectivity index (χ1v) is 6.87. The maximum absolute atomic E-state index is 13.2. The molecule has 0 bridgehead atoms. The lowest BCUT2D eigenvalue weighted by Crippen LogP contribution is -1.94. The third kappa shape index (κ3) is 2.75. The van der Waals surface area contributed by atoms with Crippen molar-refractivity contribution in [3.8, 4) is 0 Å². The maximum Gasteiger partial charge on any atom is 0.126 e. The second-order valence-corrected chi connectivity index (χ2v) is 6.17. The van der Waals surface area contributed by atoms with Gasteiger partial charge in [0.2, 0.25) is 0 Å². The van der Waals surface area contributed by atoms with Gasteiger partial charge in [0.25, 0.3) is 0 Å². The van der Waals surface area contributed by atoms with Gasteiger partial charge in [-0.2, -0.15) is 0 Å². The molecule has 1 aromatic carbocycles. The van der Waals surface area contributed by atoms with Gasteiger partial charge in [0, 0.05) is 15.8 Å². The fraction of sp³-hybridized carbons (Fsp3) is 0.231. The van der Waals surface area contributed by atoms with E-state index in [1.807, 2.05) is 13.8 Å². The summed E-state index contributed by atoms with van der Waals surface area (Å²) in [4.78, 5) is 2.12. The second-order valence-electron chi connectivity index (χ2n) is 3.97. The average Bonchev–Trinajstić information content (AvgIpc) is 2.55. The van der Waals surface area contributed by atoms with Crippen molar-refractivity contribution in [3.63, 3.8) is 0 Å². The number of benzene rings is 1. The molecule has 0 amide bonds. The van der Waals surface area contributed by atoms with Gasteiger partial charge in [-0.1, -0.05) is 15.9 Å². The highest BCUT2D eigenvalue weighted by Crippen LogP contribution is 2.38. The number of rotatable bonds is 2. The Hall–Kier alpha value is -0.740. The van der Waals surface area contributed by atoms with Crippen LogP contribution in [0.15, 0.2) is 24.3 Å². The minimum Gasteiger partial charge on any atom is -0.207 e. The molecule has 1 heterocycles. The molecule has 0 aliphatic carbocycles. The van der Waals surface area contributed by atoms with Crippen molar-refractivity contribution in [2.45, 2.75) is 18.7 Å². The third-order valence-electron chi connectivity index (χ3n) is 2.49. The van der Waals surface area contributed by atoms with Gasteiger partial charge >= 0.3 is 0 Å². The van der Waals surface area contributed by atoms with Crippen molar-refractivity contribution in [2.24, 2.45) is 0 Å². The van der Waals surface area contributed by atoms with Crippen molar-refractivity contribution >= 4 is 27.3 Å². The summed E-state index contributed by atoms with van der Waals surface area (Å²) in [5.74, 6) is -1.09. The van der Waals surface area contributed by atoms with E-state index in [1.54, 1.807) is 11.3 Å². The zero-order valence-corrected chi connectivity index (χ0v) is 11.8. The Kier molecular flexibility index (Phi) is 3.64. The standard InChI is InChI=1S/C13H11BrF2S/c1-7-3-8(2)17-13(7)12(14)9-4-10(15)6-11(16)5-9/h3-6,12H,1-2H3. The van der Waals surface area contributed by atoms with Gasteiger partial charge in [-0.3, -0.25) is 0 Å². The molecule has 17 heavy (non-hydrogen) atoms. The van der Waals surface area contributed by atoms with E-state index in [1.165, 1.54) is 17.0 Å². The molecule has 0 saturated heterocycles. The van der Waals surface area contributed by atoms with Gasteiger partial charge in [0.05, 0.1) is 4.83 Å². The Balaban J connectivity index is 2.43. The quantitative estimate of drug-likeness (QED) is 0.674. The molecular formula is C13H11BrF2S. The molecule has 0 fully saturated rings. The lowest BCUT2D eigenvalue weighted by atomic mass is 10.1. The number of hydrogen-bond donors (Lipinski definition) is 0. The van der Waals surface area contributed by atoms with Crippen LogP contribution < -0.4 is 0 Å². The summed E-state index contributed by atoms with van der Waals surface area (Å²) in [5, 5.41) is 0. The average molecular weight is 317 g/mol. The van der Waals surface area contributed by atoms with E-state index < -0.39 is 11.6 Å². The van der Waals surface area contributed by atoms with Crippen molar-refractivity contribution in [1.82, 2.24) is 0 Å². The van der Waals surface area contributed by atoms with Crippen LogP contribution in [0.2, 0.25) is 0 Å². The predicted octanol–water partition coefficient (Wildman–Crippen LogP) is 5.13. The molecule has 1 aromatic heterocycles. The van der Waals surface area contributed by atoms with Crippen LogP contribution in [0.3, 0.4) is 0 Å². The number of thiophene rings is 1. The summed E-state index contributed by atoms with van der Waals surface area (Å²) >= 11 is 5.14. The van der Waals surface area contributed by atoms with E-state index in [0.29, 0.717) is 5.56 Å². The highest BCUT2D eigenvalue weighted by Gasteiger charge is 2.16. The van der Waals surface area contributed by atoms with Gasteiger partial charge < -0.3 is 0 Å². The van der Waals surface area contributed by atoms with E-state index in [2.05, 4.69) is 22.0 Å². The van der Waals surface area contributed by atoms with Crippen LogP contribution >= 0.6 is 27.3 Å². The topological polar surface area (TPSA) is 0 Å². The number of hydrogen-bond acceptors (Lipinski definition) is 1. The SMILES string of the molecule is Cc1cc(C)c(C(Br)c2cc(F)cc(F)c2)s1. The molecule has 0 aliphatic rings. The first-order valence-electron chi connectivity index (χ1n) is 5.14. The lowest BCUT2D eigenvalue weighted by Gasteiger charge is -2.10. The maximum atomic E-state index is 13.2. The summed E-state index contributed by atoms with van der Waals surface area (Å²) < 4.78 is 26.3. The van der Waals surface area contributed by atoms with E-state index in [0.717, 1.165) is 16.5 Å². The summed E-state index contributed by atoms with van der Waals surface area (Å²) in [6.45, 7) is 4.02. The third-order valence-corrected chi connectivity index (χ3v) is 4.99. The largest absolute Gasteiger partial charge is 0.207 e. The van der Waals surface area contributed by atoms with Crippen LogP contribution in [0.5, 0.6) is 0 Å². The van der Waals surface area contributed by atoms with E-state index in [9.17, 15) is 8.78 Å². The summed E-state index contributed by atoms with van der Waals surface area (Å²) in [6.07, 6.45) is 0. The van der Waals surface area contributed by atoms with Crippen molar-refractivity contribution in [1.29, 1.82) is 0 Å².